The van der Waals surface area contributed by atoms with Crippen molar-refractivity contribution in [1.29, 1.82) is 0 Å². The van der Waals surface area contributed by atoms with E-state index in [0.717, 1.165) is 28.6 Å². The SMILES string of the molecule is CCC1(C2CC2)C[C@@H](N)c2ccc(Br)cc2O1. The second-order valence-electron chi connectivity index (χ2n) is 5.29. The van der Waals surface area contributed by atoms with E-state index in [-0.39, 0.29) is 11.6 Å². The molecule has 2 aliphatic rings. The Morgan fingerprint density at radius 3 is 2.88 bits per heavy atom. The Morgan fingerprint density at radius 1 is 1.47 bits per heavy atom. The second kappa shape index (κ2) is 3.99. The molecule has 2 atom stereocenters. The molecule has 1 fully saturated rings. The first kappa shape index (κ1) is 11.5. The van der Waals surface area contributed by atoms with E-state index in [9.17, 15) is 0 Å². The van der Waals surface area contributed by atoms with Gasteiger partial charge >= 0.3 is 0 Å². The first-order chi connectivity index (χ1) is 8.14. The molecular formula is C14H18BrNO. The standard InChI is InChI=1S/C14H18BrNO/c1-2-14(9-3-4-9)8-12(16)11-6-5-10(15)7-13(11)17-14/h5-7,9,12H,2-4,8,16H2,1H3/t12-,14?/m1/s1. The molecule has 3 heteroatoms. The van der Waals surface area contributed by atoms with Crippen LogP contribution in [0.5, 0.6) is 5.75 Å². The smallest absolute Gasteiger partial charge is 0.126 e. The lowest BCUT2D eigenvalue weighted by Gasteiger charge is -2.41. The zero-order valence-electron chi connectivity index (χ0n) is 10.1. The Balaban J connectivity index is 2.00. The van der Waals surface area contributed by atoms with Crippen LogP contribution in [0.2, 0.25) is 0 Å². The monoisotopic (exact) mass is 295 g/mol. The number of benzene rings is 1. The first-order valence-electron chi connectivity index (χ1n) is 6.38. The zero-order chi connectivity index (χ0) is 12.0. The second-order valence-corrected chi connectivity index (χ2v) is 6.20. The molecule has 1 unspecified atom stereocenters. The third-order valence-corrected chi connectivity index (χ3v) is 4.67. The van der Waals surface area contributed by atoms with Crippen molar-refractivity contribution in [1.82, 2.24) is 0 Å². The van der Waals surface area contributed by atoms with E-state index in [2.05, 4.69) is 35.0 Å². The lowest BCUT2D eigenvalue weighted by molar-refractivity contribution is 0.0106. The first-order valence-corrected chi connectivity index (χ1v) is 7.18. The highest BCUT2D eigenvalue weighted by Gasteiger charge is 2.49. The Kier molecular flexibility index (Phi) is 2.71. The van der Waals surface area contributed by atoms with Gasteiger partial charge in [-0.2, -0.15) is 0 Å². The van der Waals surface area contributed by atoms with E-state index >= 15 is 0 Å². The molecule has 0 saturated heterocycles. The van der Waals surface area contributed by atoms with Crippen LogP contribution in [0, 0.1) is 5.92 Å². The van der Waals surface area contributed by atoms with Crippen molar-refractivity contribution < 1.29 is 4.74 Å². The highest BCUT2D eigenvalue weighted by Crippen LogP contribution is 2.52. The molecule has 0 bridgehead atoms. The summed E-state index contributed by atoms with van der Waals surface area (Å²) in [7, 11) is 0. The van der Waals surface area contributed by atoms with Crippen molar-refractivity contribution in [2.24, 2.45) is 11.7 Å². The van der Waals surface area contributed by atoms with Crippen LogP contribution in [0.4, 0.5) is 0 Å². The summed E-state index contributed by atoms with van der Waals surface area (Å²) in [4.78, 5) is 0. The van der Waals surface area contributed by atoms with Crippen LogP contribution >= 0.6 is 15.9 Å². The van der Waals surface area contributed by atoms with E-state index in [4.69, 9.17) is 10.5 Å². The van der Waals surface area contributed by atoms with E-state index in [0.29, 0.717) is 5.92 Å². The minimum absolute atomic E-state index is 0.00674. The van der Waals surface area contributed by atoms with Gasteiger partial charge in [0.15, 0.2) is 0 Å². The van der Waals surface area contributed by atoms with Gasteiger partial charge in [0.1, 0.15) is 11.4 Å². The molecule has 0 amide bonds. The van der Waals surface area contributed by atoms with Gasteiger partial charge in [-0.05, 0) is 37.3 Å². The van der Waals surface area contributed by atoms with Gasteiger partial charge in [-0.25, -0.2) is 0 Å². The van der Waals surface area contributed by atoms with E-state index < -0.39 is 0 Å². The molecular weight excluding hydrogens is 278 g/mol. The van der Waals surface area contributed by atoms with Crippen LogP contribution in [0.1, 0.15) is 44.2 Å². The quantitative estimate of drug-likeness (QED) is 0.901. The van der Waals surface area contributed by atoms with Gasteiger partial charge in [-0.15, -0.1) is 0 Å². The van der Waals surface area contributed by atoms with Crippen LogP contribution in [0.3, 0.4) is 0 Å². The molecule has 1 aliphatic heterocycles. The molecule has 17 heavy (non-hydrogen) atoms. The summed E-state index contributed by atoms with van der Waals surface area (Å²) in [6.07, 6.45) is 4.61. The third kappa shape index (κ3) is 1.89. The molecule has 0 spiro atoms. The predicted molar refractivity (Wildman–Crippen MR) is 72.1 cm³/mol. The summed E-state index contributed by atoms with van der Waals surface area (Å²) < 4.78 is 7.40. The Bertz CT molecular complexity index is 444. The van der Waals surface area contributed by atoms with Crippen molar-refractivity contribution in [2.45, 2.75) is 44.2 Å². The predicted octanol–water partition coefficient (Wildman–Crippen LogP) is 3.79. The molecule has 92 valence electrons. The number of nitrogens with two attached hydrogens (primary N) is 1. The normalized spacial score (nSPS) is 31.8. The maximum Gasteiger partial charge on any atom is 0.126 e. The average Bonchev–Trinajstić information content (AvgIpc) is 3.12. The van der Waals surface area contributed by atoms with Gasteiger partial charge in [0.2, 0.25) is 0 Å². The fourth-order valence-electron chi connectivity index (χ4n) is 3.01. The number of rotatable bonds is 2. The molecule has 0 aromatic heterocycles. The Labute approximate surface area is 111 Å². The van der Waals surface area contributed by atoms with Crippen LogP contribution in [0.25, 0.3) is 0 Å². The summed E-state index contributed by atoms with van der Waals surface area (Å²) in [6.45, 7) is 2.22. The third-order valence-electron chi connectivity index (χ3n) is 4.17. The molecule has 1 aromatic rings. The van der Waals surface area contributed by atoms with Crippen molar-refractivity contribution in [2.75, 3.05) is 0 Å². The minimum atomic E-state index is -0.00674. The molecule has 1 aromatic carbocycles. The van der Waals surface area contributed by atoms with Gasteiger partial charge in [-0.3, -0.25) is 0 Å². The molecule has 1 aliphatic carbocycles. The van der Waals surface area contributed by atoms with Crippen LogP contribution in [-0.4, -0.2) is 5.60 Å². The van der Waals surface area contributed by atoms with Crippen LogP contribution in [0.15, 0.2) is 22.7 Å². The number of halogens is 1. The molecule has 3 rings (SSSR count). The topological polar surface area (TPSA) is 35.2 Å². The average molecular weight is 296 g/mol. The van der Waals surface area contributed by atoms with Crippen LogP contribution in [-0.2, 0) is 0 Å². The van der Waals surface area contributed by atoms with Gasteiger partial charge in [-0.1, -0.05) is 28.9 Å². The highest BCUT2D eigenvalue weighted by molar-refractivity contribution is 9.10. The van der Waals surface area contributed by atoms with Gasteiger partial charge in [0, 0.05) is 22.5 Å². The zero-order valence-corrected chi connectivity index (χ0v) is 11.7. The van der Waals surface area contributed by atoms with Crippen LogP contribution < -0.4 is 10.5 Å². The molecule has 2 N–H and O–H groups in total. The lowest BCUT2D eigenvalue weighted by atomic mass is 9.82. The maximum absolute atomic E-state index is 6.33. The number of fused-ring (bicyclic) bond motifs is 1. The Morgan fingerprint density at radius 2 is 2.24 bits per heavy atom. The fourth-order valence-corrected chi connectivity index (χ4v) is 3.35. The van der Waals surface area contributed by atoms with E-state index in [1.807, 2.05) is 6.07 Å². The van der Waals surface area contributed by atoms with Crippen molar-refractivity contribution >= 4 is 15.9 Å². The summed E-state index contributed by atoms with van der Waals surface area (Å²) >= 11 is 3.50. The summed E-state index contributed by atoms with van der Waals surface area (Å²) in [5.74, 6) is 1.69. The molecule has 0 radical (unpaired) electrons. The largest absolute Gasteiger partial charge is 0.487 e. The van der Waals surface area contributed by atoms with Gasteiger partial charge in [0.25, 0.3) is 0 Å². The summed E-state index contributed by atoms with van der Waals surface area (Å²) in [6, 6.07) is 6.29. The summed E-state index contributed by atoms with van der Waals surface area (Å²) in [5, 5.41) is 0. The molecule has 2 nitrogen and oxygen atoms in total. The van der Waals surface area contributed by atoms with Crippen molar-refractivity contribution in [3.63, 3.8) is 0 Å². The van der Waals surface area contributed by atoms with Gasteiger partial charge < -0.3 is 10.5 Å². The van der Waals surface area contributed by atoms with E-state index in [1.165, 1.54) is 12.8 Å². The maximum atomic E-state index is 6.33. The molecule has 1 saturated carbocycles. The van der Waals surface area contributed by atoms with Crippen molar-refractivity contribution in [3.8, 4) is 5.75 Å². The number of hydrogen-bond donors (Lipinski definition) is 1. The number of ether oxygens (including phenoxy) is 1. The fraction of sp³-hybridized carbons (Fsp3) is 0.571. The highest BCUT2D eigenvalue weighted by atomic mass is 79.9. The van der Waals surface area contributed by atoms with Gasteiger partial charge in [0.05, 0.1) is 0 Å². The minimum Gasteiger partial charge on any atom is -0.487 e. The molecule has 1 heterocycles. The summed E-state index contributed by atoms with van der Waals surface area (Å²) in [5.41, 5.74) is 7.46. The Hall–Kier alpha value is -0.540. The van der Waals surface area contributed by atoms with Crippen molar-refractivity contribution in [3.05, 3.63) is 28.2 Å². The lowest BCUT2D eigenvalue weighted by Crippen LogP contribution is -2.44. The number of hydrogen-bond acceptors (Lipinski definition) is 2. The van der Waals surface area contributed by atoms with E-state index in [1.54, 1.807) is 0 Å².